The number of carbonyl (C=O) groups excluding carboxylic acids is 1. The van der Waals surface area contributed by atoms with Crippen LogP contribution in [0, 0.1) is 5.92 Å². The van der Waals surface area contributed by atoms with Gasteiger partial charge in [-0.05, 0) is 55.4 Å². The minimum atomic E-state index is -0.295. The Hall–Kier alpha value is -1.25. The molecule has 0 aromatic heterocycles. The van der Waals surface area contributed by atoms with E-state index in [1.54, 1.807) is 6.92 Å². The van der Waals surface area contributed by atoms with Crippen LogP contribution in [0.15, 0.2) is 42.0 Å². The molecule has 1 saturated carbocycles. The van der Waals surface area contributed by atoms with E-state index in [2.05, 4.69) is 6.08 Å². The number of halogens is 2. The van der Waals surface area contributed by atoms with Crippen molar-refractivity contribution in [2.75, 3.05) is 6.61 Å². The molecule has 1 aliphatic carbocycles. The Balaban J connectivity index is 1.93. The summed E-state index contributed by atoms with van der Waals surface area (Å²) in [5, 5.41) is 1.18. The average molecular weight is 325 g/mol. The van der Waals surface area contributed by atoms with Crippen LogP contribution in [0.1, 0.15) is 31.7 Å². The molecule has 112 valence electrons. The third-order valence-corrected chi connectivity index (χ3v) is 4.19. The van der Waals surface area contributed by atoms with Crippen LogP contribution in [-0.2, 0) is 9.53 Å². The monoisotopic (exact) mass is 324 g/mol. The van der Waals surface area contributed by atoms with Crippen molar-refractivity contribution in [2.45, 2.75) is 26.2 Å². The zero-order chi connectivity index (χ0) is 15.4. The van der Waals surface area contributed by atoms with Gasteiger partial charge in [0.2, 0.25) is 0 Å². The van der Waals surface area contributed by atoms with E-state index in [9.17, 15) is 4.79 Å². The van der Waals surface area contributed by atoms with Gasteiger partial charge in [0.25, 0.3) is 0 Å². The van der Waals surface area contributed by atoms with E-state index in [1.165, 1.54) is 11.6 Å². The van der Waals surface area contributed by atoms with Crippen molar-refractivity contribution in [3.05, 3.63) is 57.6 Å². The molecule has 0 heterocycles. The quantitative estimate of drug-likeness (QED) is 0.424. The van der Waals surface area contributed by atoms with Crippen molar-refractivity contribution in [3.63, 3.8) is 0 Å². The molecule has 21 heavy (non-hydrogen) atoms. The van der Waals surface area contributed by atoms with Gasteiger partial charge >= 0.3 is 5.97 Å². The number of allylic oxidation sites excluding steroid dienone is 3. The van der Waals surface area contributed by atoms with Crippen LogP contribution < -0.4 is 0 Å². The lowest BCUT2D eigenvalue weighted by atomic mass is 10.1. The minimum absolute atomic E-state index is 0.295. The fourth-order valence-corrected chi connectivity index (χ4v) is 2.55. The van der Waals surface area contributed by atoms with Crippen LogP contribution in [0.25, 0.3) is 0 Å². The molecule has 1 aromatic rings. The van der Waals surface area contributed by atoms with Gasteiger partial charge in [-0.1, -0.05) is 41.4 Å². The maximum atomic E-state index is 11.3. The molecular weight excluding hydrogens is 307 g/mol. The Bertz CT molecular complexity index is 590. The van der Waals surface area contributed by atoms with Crippen molar-refractivity contribution in [1.29, 1.82) is 0 Å². The van der Waals surface area contributed by atoms with Gasteiger partial charge in [0.15, 0.2) is 0 Å². The van der Waals surface area contributed by atoms with Gasteiger partial charge in [-0.3, -0.25) is 0 Å². The van der Waals surface area contributed by atoms with Crippen molar-refractivity contribution in [3.8, 4) is 0 Å². The highest BCUT2D eigenvalue weighted by molar-refractivity contribution is 6.42. The van der Waals surface area contributed by atoms with E-state index in [0.29, 0.717) is 28.5 Å². The second kappa shape index (κ2) is 7.15. The van der Waals surface area contributed by atoms with Gasteiger partial charge in [0.1, 0.15) is 0 Å². The van der Waals surface area contributed by atoms with Gasteiger partial charge in [0.05, 0.1) is 16.7 Å². The lowest BCUT2D eigenvalue weighted by Gasteiger charge is -2.01. The Labute approximate surface area is 135 Å². The lowest BCUT2D eigenvalue weighted by Crippen LogP contribution is -1.99. The van der Waals surface area contributed by atoms with Crippen LogP contribution in [0.3, 0.4) is 0 Å². The number of rotatable bonds is 5. The summed E-state index contributed by atoms with van der Waals surface area (Å²) in [5.74, 6) is 0.690. The van der Waals surface area contributed by atoms with Crippen molar-refractivity contribution >= 4 is 29.2 Å². The second-order valence-corrected chi connectivity index (χ2v) is 5.99. The molecule has 0 N–H and O–H groups in total. The highest BCUT2D eigenvalue weighted by atomic mass is 35.5. The summed E-state index contributed by atoms with van der Waals surface area (Å²) in [5.41, 5.74) is 2.11. The van der Waals surface area contributed by atoms with E-state index in [0.717, 1.165) is 12.0 Å². The summed E-state index contributed by atoms with van der Waals surface area (Å²) in [7, 11) is 0. The normalized spacial score (nSPS) is 21.6. The van der Waals surface area contributed by atoms with E-state index < -0.39 is 0 Å². The third-order valence-electron chi connectivity index (χ3n) is 3.45. The first-order valence-corrected chi connectivity index (χ1v) is 7.75. The topological polar surface area (TPSA) is 26.3 Å². The summed E-state index contributed by atoms with van der Waals surface area (Å²) in [4.78, 5) is 11.3. The first-order chi connectivity index (χ1) is 10.0. The number of hydrogen-bond donors (Lipinski definition) is 0. The highest BCUT2D eigenvalue weighted by Gasteiger charge is 2.36. The molecule has 0 unspecified atom stereocenters. The summed E-state index contributed by atoms with van der Waals surface area (Å²) in [6.07, 6.45) is 6.72. The summed E-state index contributed by atoms with van der Waals surface area (Å²) in [6, 6.07) is 5.79. The highest BCUT2D eigenvalue weighted by Crippen LogP contribution is 2.49. The first-order valence-electron chi connectivity index (χ1n) is 6.99. The van der Waals surface area contributed by atoms with Crippen LogP contribution >= 0.6 is 23.2 Å². The Kier molecular flexibility index (Phi) is 5.49. The fraction of sp³-hybridized carbons (Fsp3) is 0.353. The molecule has 2 atom stereocenters. The van der Waals surface area contributed by atoms with E-state index >= 15 is 0 Å². The molecule has 1 aromatic carbocycles. The number of benzene rings is 1. The lowest BCUT2D eigenvalue weighted by molar-refractivity contribution is -0.137. The number of hydrogen-bond acceptors (Lipinski definition) is 2. The number of carbonyl (C=O) groups is 1. The summed E-state index contributed by atoms with van der Waals surface area (Å²) in [6.45, 7) is 4.08. The molecule has 4 heteroatoms. The average Bonchev–Trinajstić information content (AvgIpc) is 3.19. The Morgan fingerprint density at radius 2 is 2.14 bits per heavy atom. The summed E-state index contributed by atoms with van der Waals surface area (Å²) >= 11 is 12.0. The first kappa shape index (κ1) is 16.1. The molecule has 1 aliphatic rings. The van der Waals surface area contributed by atoms with Gasteiger partial charge in [-0.2, -0.15) is 0 Å². The summed E-state index contributed by atoms with van der Waals surface area (Å²) < 4.78 is 4.87. The van der Waals surface area contributed by atoms with Gasteiger partial charge < -0.3 is 4.74 Å². The van der Waals surface area contributed by atoms with E-state index in [-0.39, 0.29) is 5.97 Å². The molecule has 0 saturated heterocycles. The standard InChI is InChI=1S/C17H18Cl2O2/c1-3-21-17(20)8-11(2)4-5-12-9-14(12)13-6-7-15(18)16(19)10-13/h4-8,10,12,14H,3,9H2,1-2H3/b5-4+,11-8+/t12-,14-/m1/s1. The molecule has 0 amide bonds. The predicted molar refractivity (Wildman–Crippen MR) is 86.8 cm³/mol. The van der Waals surface area contributed by atoms with Crippen LogP contribution in [0.2, 0.25) is 10.0 Å². The van der Waals surface area contributed by atoms with Gasteiger partial charge in [0, 0.05) is 6.08 Å². The van der Waals surface area contributed by atoms with Crippen molar-refractivity contribution < 1.29 is 9.53 Å². The molecule has 2 rings (SSSR count). The van der Waals surface area contributed by atoms with Crippen molar-refractivity contribution in [2.24, 2.45) is 5.92 Å². The maximum absolute atomic E-state index is 11.3. The smallest absolute Gasteiger partial charge is 0.330 e. The molecule has 0 spiro atoms. The van der Waals surface area contributed by atoms with Gasteiger partial charge in [-0.15, -0.1) is 0 Å². The van der Waals surface area contributed by atoms with Crippen LogP contribution in [0.5, 0.6) is 0 Å². The number of esters is 1. The predicted octanol–water partition coefficient (Wildman–Crippen LogP) is 5.16. The SMILES string of the molecule is CCOC(=O)/C=C(C)/C=C/[C@@H]1C[C@H]1c1ccc(Cl)c(Cl)c1. The largest absolute Gasteiger partial charge is 0.463 e. The van der Waals surface area contributed by atoms with Crippen LogP contribution in [-0.4, -0.2) is 12.6 Å². The Morgan fingerprint density at radius 3 is 2.81 bits per heavy atom. The van der Waals surface area contributed by atoms with Gasteiger partial charge in [-0.25, -0.2) is 4.79 Å². The fourth-order valence-electron chi connectivity index (χ4n) is 2.25. The minimum Gasteiger partial charge on any atom is -0.463 e. The molecule has 0 radical (unpaired) electrons. The zero-order valence-corrected chi connectivity index (χ0v) is 13.6. The second-order valence-electron chi connectivity index (χ2n) is 5.18. The van der Waals surface area contributed by atoms with Crippen molar-refractivity contribution in [1.82, 2.24) is 0 Å². The van der Waals surface area contributed by atoms with E-state index in [1.807, 2.05) is 31.2 Å². The maximum Gasteiger partial charge on any atom is 0.330 e. The van der Waals surface area contributed by atoms with Crippen LogP contribution in [0.4, 0.5) is 0 Å². The molecule has 0 aliphatic heterocycles. The molecule has 2 nitrogen and oxygen atoms in total. The third kappa shape index (κ3) is 4.62. The molecule has 1 fully saturated rings. The number of ether oxygens (including phenoxy) is 1. The molecular formula is C17H18Cl2O2. The molecule has 0 bridgehead atoms. The van der Waals surface area contributed by atoms with E-state index in [4.69, 9.17) is 27.9 Å². The zero-order valence-electron chi connectivity index (χ0n) is 12.1. The Morgan fingerprint density at radius 1 is 1.38 bits per heavy atom.